The third-order valence-electron chi connectivity index (χ3n) is 1.80. The molecular formula is C7H10O4. The molecule has 0 unspecified atom stereocenters. The zero-order valence-corrected chi connectivity index (χ0v) is 6.24. The lowest BCUT2D eigenvalue weighted by Gasteiger charge is -2.01. The van der Waals surface area contributed by atoms with Crippen molar-refractivity contribution in [3.8, 4) is 0 Å². The Morgan fingerprint density at radius 1 is 1.55 bits per heavy atom. The fourth-order valence-corrected chi connectivity index (χ4v) is 1.08. The van der Waals surface area contributed by atoms with Gasteiger partial charge in [0.15, 0.2) is 5.78 Å². The summed E-state index contributed by atoms with van der Waals surface area (Å²) in [4.78, 5) is 21.1. The second-order valence-corrected chi connectivity index (χ2v) is 2.70. The minimum atomic E-state index is -0.881. The molecule has 0 bridgehead atoms. The standard InChI is InChI=1S/C7H10O4/c1-4(8)6-2-5(3-11-6)7(9)10/h5-6H,2-3H2,1H3,(H,9,10)/t5-,6-/m1/s1. The summed E-state index contributed by atoms with van der Waals surface area (Å²) in [5.74, 6) is -1.47. The highest BCUT2D eigenvalue weighted by atomic mass is 16.5. The summed E-state index contributed by atoms with van der Waals surface area (Å²) >= 11 is 0. The Kier molecular flexibility index (Phi) is 2.24. The van der Waals surface area contributed by atoms with E-state index < -0.39 is 18.0 Å². The maximum absolute atomic E-state index is 10.7. The number of hydrogen-bond donors (Lipinski definition) is 1. The predicted molar refractivity (Wildman–Crippen MR) is 36.2 cm³/mol. The van der Waals surface area contributed by atoms with E-state index in [9.17, 15) is 9.59 Å². The van der Waals surface area contributed by atoms with Crippen LogP contribution in [0.2, 0.25) is 0 Å². The average Bonchev–Trinajstić information content (AvgIpc) is 2.33. The number of carbonyl (C=O) groups is 2. The van der Waals surface area contributed by atoms with Crippen LogP contribution in [0.25, 0.3) is 0 Å². The van der Waals surface area contributed by atoms with E-state index in [-0.39, 0.29) is 12.4 Å². The fraction of sp³-hybridized carbons (Fsp3) is 0.714. The highest BCUT2D eigenvalue weighted by molar-refractivity contribution is 5.82. The minimum Gasteiger partial charge on any atom is -0.481 e. The van der Waals surface area contributed by atoms with Gasteiger partial charge in [0.2, 0.25) is 0 Å². The van der Waals surface area contributed by atoms with Crippen molar-refractivity contribution in [3.05, 3.63) is 0 Å². The van der Waals surface area contributed by atoms with Gasteiger partial charge in [0, 0.05) is 0 Å². The number of carboxylic acids is 1. The van der Waals surface area contributed by atoms with Crippen molar-refractivity contribution in [1.82, 2.24) is 0 Å². The average molecular weight is 158 g/mol. The van der Waals surface area contributed by atoms with Crippen molar-refractivity contribution in [3.63, 3.8) is 0 Å². The van der Waals surface area contributed by atoms with Crippen LogP contribution in [0.4, 0.5) is 0 Å². The van der Waals surface area contributed by atoms with E-state index in [4.69, 9.17) is 9.84 Å². The van der Waals surface area contributed by atoms with Gasteiger partial charge < -0.3 is 9.84 Å². The first kappa shape index (κ1) is 8.20. The molecule has 1 saturated heterocycles. The molecule has 0 aromatic rings. The molecule has 2 atom stereocenters. The highest BCUT2D eigenvalue weighted by Crippen LogP contribution is 2.19. The Bertz CT molecular complexity index is 167. The Morgan fingerprint density at radius 2 is 2.18 bits per heavy atom. The quantitative estimate of drug-likeness (QED) is 0.617. The first-order valence-electron chi connectivity index (χ1n) is 3.46. The SMILES string of the molecule is CC(=O)[C@H]1C[C@@H](C(=O)O)CO1. The summed E-state index contributed by atoms with van der Waals surface area (Å²) in [7, 11) is 0. The summed E-state index contributed by atoms with van der Waals surface area (Å²) < 4.78 is 4.96. The van der Waals surface area contributed by atoms with Crippen LogP contribution >= 0.6 is 0 Å². The molecule has 0 aromatic carbocycles. The van der Waals surface area contributed by atoms with Gasteiger partial charge in [0.05, 0.1) is 12.5 Å². The minimum absolute atomic E-state index is 0.0891. The fourth-order valence-electron chi connectivity index (χ4n) is 1.08. The topological polar surface area (TPSA) is 63.6 Å². The van der Waals surface area contributed by atoms with E-state index in [1.54, 1.807) is 0 Å². The zero-order chi connectivity index (χ0) is 8.43. The summed E-state index contributed by atoms with van der Waals surface area (Å²) in [5, 5.41) is 8.52. The molecule has 0 saturated carbocycles. The van der Waals surface area contributed by atoms with Crippen LogP contribution in [0.3, 0.4) is 0 Å². The molecule has 0 amide bonds. The Labute approximate surface area is 64.2 Å². The van der Waals surface area contributed by atoms with Crippen LogP contribution in [-0.2, 0) is 14.3 Å². The van der Waals surface area contributed by atoms with Crippen molar-refractivity contribution < 1.29 is 19.4 Å². The monoisotopic (exact) mass is 158 g/mol. The van der Waals surface area contributed by atoms with Crippen molar-refractivity contribution in [2.75, 3.05) is 6.61 Å². The van der Waals surface area contributed by atoms with Gasteiger partial charge in [-0.3, -0.25) is 9.59 Å². The Balaban J connectivity index is 2.47. The van der Waals surface area contributed by atoms with Crippen molar-refractivity contribution in [2.24, 2.45) is 5.92 Å². The van der Waals surface area contributed by atoms with Crippen molar-refractivity contribution >= 4 is 11.8 Å². The molecule has 0 radical (unpaired) electrons. The lowest BCUT2D eigenvalue weighted by atomic mass is 10.0. The second kappa shape index (κ2) is 3.00. The van der Waals surface area contributed by atoms with Gasteiger partial charge >= 0.3 is 5.97 Å². The Morgan fingerprint density at radius 3 is 2.45 bits per heavy atom. The van der Waals surface area contributed by atoms with E-state index in [0.29, 0.717) is 6.42 Å². The van der Waals surface area contributed by atoms with Crippen LogP contribution in [0.15, 0.2) is 0 Å². The van der Waals surface area contributed by atoms with Gasteiger partial charge in [-0.15, -0.1) is 0 Å². The predicted octanol–water partition coefficient (Wildman–Crippen LogP) is 0.0651. The molecule has 0 aromatic heterocycles. The number of Topliss-reactive ketones (excluding diaryl/α,β-unsaturated/α-hetero) is 1. The molecule has 1 heterocycles. The first-order chi connectivity index (χ1) is 5.11. The number of carbonyl (C=O) groups excluding carboxylic acids is 1. The van der Waals surface area contributed by atoms with E-state index in [2.05, 4.69) is 0 Å². The molecule has 11 heavy (non-hydrogen) atoms. The van der Waals surface area contributed by atoms with E-state index in [1.165, 1.54) is 6.92 Å². The van der Waals surface area contributed by atoms with Gasteiger partial charge in [0.25, 0.3) is 0 Å². The number of ketones is 1. The van der Waals surface area contributed by atoms with E-state index >= 15 is 0 Å². The van der Waals surface area contributed by atoms with Crippen LogP contribution in [0.1, 0.15) is 13.3 Å². The zero-order valence-electron chi connectivity index (χ0n) is 6.24. The van der Waals surface area contributed by atoms with Gasteiger partial charge in [-0.1, -0.05) is 0 Å². The Hall–Kier alpha value is -0.900. The normalized spacial score (nSPS) is 30.3. The number of ether oxygens (including phenoxy) is 1. The highest BCUT2D eigenvalue weighted by Gasteiger charge is 2.32. The van der Waals surface area contributed by atoms with Crippen LogP contribution in [0, 0.1) is 5.92 Å². The third kappa shape index (κ3) is 1.77. The summed E-state index contributed by atoms with van der Waals surface area (Å²) in [6, 6.07) is 0. The van der Waals surface area contributed by atoms with Crippen LogP contribution < -0.4 is 0 Å². The van der Waals surface area contributed by atoms with Crippen LogP contribution in [-0.4, -0.2) is 29.6 Å². The molecule has 4 nitrogen and oxygen atoms in total. The first-order valence-corrected chi connectivity index (χ1v) is 3.46. The molecular weight excluding hydrogens is 148 g/mol. The smallest absolute Gasteiger partial charge is 0.308 e. The van der Waals surface area contributed by atoms with Crippen molar-refractivity contribution in [1.29, 1.82) is 0 Å². The van der Waals surface area contributed by atoms with Gasteiger partial charge in [-0.25, -0.2) is 0 Å². The molecule has 4 heteroatoms. The van der Waals surface area contributed by atoms with E-state index in [1.807, 2.05) is 0 Å². The molecule has 1 aliphatic heterocycles. The number of hydrogen-bond acceptors (Lipinski definition) is 3. The van der Waals surface area contributed by atoms with Gasteiger partial charge in [-0.2, -0.15) is 0 Å². The maximum Gasteiger partial charge on any atom is 0.308 e. The van der Waals surface area contributed by atoms with Crippen molar-refractivity contribution in [2.45, 2.75) is 19.4 Å². The van der Waals surface area contributed by atoms with Gasteiger partial charge in [-0.05, 0) is 13.3 Å². The molecule has 1 fully saturated rings. The molecule has 1 aliphatic rings. The number of rotatable bonds is 2. The maximum atomic E-state index is 10.7. The molecule has 1 N–H and O–H groups in total. The lowest BCUT2D eigenvalue weighted by molar-refractivity contribution is -0.141. The lowest BCUT2D eigenvalue weighted by Crippen LogP contribution is -2.17. The number of carboxylic acid groups (broad SMARTS) is 1. The molecule has 1 rings (SSSR count). The van der Waals surface area contributed by atoms with Gasteiger partial charge in [0.1, 0.15) is 6.10 Å². The third-order valence-corrected chi connectivity index (χ3v) is 1.80. The molecule has 0 spiro atoms. The summed E-state index contributed by atoms with van der Waals surface area (Å²) in [6.07, 6.45) is -0.166. The molecule has 0 aliphatic carbocycles. The largest absolute Gasteiger partial charge is 0.481 e. The van der Waals surface area contributed by atoms with Crippen LogP contribution in [0.5, 0.6) is 0 Å². The summed E-state index contributed by atoms with van der Waals surface area (Å²) in [5.41, 5.74) is 0. The number of aliphatic carboxylic acids is 1. The van der Waals surface area contributed by atoms with E-state index in [0.717, 1.165) is 0 Å². The second-order valence-electron chi connectivity index (χ2n) is 2.70. The summed E-state index contributed by atoms with van der Waals surface area (Å²) in [6.45, 7) is 1.58. The molecule has 62 valence electrons.